The fraction of sp³-hybridized carbons (Fsp3) is 0.444. The zero-order chi connectivity index (χ0) is 17.1. The van der Waals surface area contributed by atoms with Crippen LogP contribution < -0.4 is 0 Å². The lowest BCUT2D eigenvalue weighted by Gasteiger charge is -2.08. The third-order valence-corrected chi connectivity index (χ3v) is 2.83. The van der Waals surface area contributed by atoms with Crippen LogP contribution >= 0.6 is 0 Å². The zero-order valence-electron chi connectivity index (χ0n) is 13.7. The Labute approximate surface area is 133 Å². The highest BCUT2D eigenvalue weighted by molar-refractivity contribution is 5.88. The van der Waals surface area contributed by atoms with E-state index in [4.69, 9.17) is 9.47 Å². The predicted molar refractivity (Wildman–Crippen MR) is 87.8 cm³/mol. The van der Waals surface area contributed by atoms with Crippen molar-refractivity contribution in [1.82, 2.24) is 0 Å². The molecule has 0 atom stereocenters. The van der Waals surface area contributed by atoms with E-state index in [0.29, 0.717) is 35.5 Å². The molecule has 0 heterocycles. The van der Waals surface area contributed by atoms with Crippen LogP contribution in [0.1, 0.15) is 52.4 Å². The second-order valence-corrected chi connectivity index (χ2v) is 5.33. The van der Waals surface area contributed by atoms with Gasteiger partial charge < -0.3 is 9.47 Å². The molecule has 0 N–H and O–H groups in total. The Hall–Kier alpha value is -2.10. The highest BCUT2D eigenvalue weighted by Gasteiger charge is 2.07. The average Bonchev–Trinajstić information content (AvgIpc) is 2.42. The molecular formula is C18H26O4. The van der Waals surface area contributed by atoms with Gasteiger partial charge in [-0.05, 0) is 26.7 Å². The van der Waals surface area contributed by atoms with Gasteiger partial charge in [0.25, 0.3) is 0 Å². The van der Waals surface area contributed by atoms with Gasteiger partial charge in [-0.15, -0.1) is 0 Å². The van der Waals surface area contributed by atoms with Gasteiger partial charge in [-0.1, -0.05) is 39.2 Å². The Morgan fingerprint density at radius 3 is 1.27 bits per heavy atom. The SMILES string of the molecule is C=C(CCCCCCC(=C)OC(=O)C(=C)C)OC(=O)C(=C)C. The van der Waals surface area contributed by atoms with E-state index in [1.165, 1.54) is 0 Å². The van der Waals surface area contributed by atoms with Crippen molar-refractivity contribution in [1.29, 1.82) is 0 Å². The summed E-state index contributed by atoms with van der Waals surface area (Å²) in [5.41, 5.74) is 0.730. The van der Waals surface area contributed by atoms with E-state index in [9.17, 15) is 9.59 Å². The van der Waals surface area contributed by atoms with Gasteiger partial charge >= 0.3 is 11.9 Å². The Morgan fingerprint density at radius 1 is 0.682 bits per heavy atom. The molecule has 0 saturated carbocycles. The van der Waals surface area contributed by atoms with E-state index in [-0.39, 0.29) is 0 Å². The molecule has 0 aromatic carbocycles. The maximum atomic E-state index is 11.3. The summed E-state index contributed by atoms with van der Waals surface area (Å²) in [4.78, 5) is 22.5. The average molecular weight is 306 g/mol. The first-order valence-corrected chi connectivity index (χ1v) is 7.35. The van der Waals surface area contributed by atoms with E-state index < -0.39 is 11.9 Å². The first-order chi connectivity index (χ1) is 10.2. The fourth-order valence-corrected chi connectivity index (χ4v) is 1.54. The molecule has 0 spiro atoms. The number of ether oxygens (including phenoxy) is 2. The van der Waals surface area contributed by atoms with Crippen LogP contribution in [0.5, 0.6) is 0 Å². The van der Waals surface area contributed by atoms with Gasteiger partial charge in [-0.25, -0.2) is 9.59 Å². The van der Waals surface area contributed by atoms with Crippen molar-refractivity contribution in [2.75, 3.05) is 0 Å². The number of carbonyl (C=O) groups excluding carboxylic acids is 2. The van der Waals surface area contributed by atoms with Gasteiger partial charge in [0.05, 0.1) is 0 Å². The molecule has 0 aromatic rings. The molecule has 4 nitrogen and oxygen atoms in total. The van der Waals surface area contributed by atoms with E-state index >= 15 is 0 Å². The molecule has 0 bridgehead atoms. The van der Waals surface area contributed by atoms with Crippen molar-refractivity contribution in [3.8, 4) is 0 Å². The maximum absolute atomic E-state index is 11.3. The maximum Gasteiger partial charge on any atom is 0.338 e. The lowest BCUT2D eigenvalue weighted by atomic mass is 10.1. The Bertz CT molecular complexity index is 427. The molecule has 0 amide bonds. The van der Waals surface area contributed by atoms with Crippen LogP contribution in [-0.4, -0.2) is 11.9 Å². The molecule has 0 aromatic heterocycles. The Morgan fingerprint density at radius 2 is 1.00 bits per heavy atom. The molecule has 0 rings (SSSR count). The summed E-state index contributed by atoms with van der Waals surface area (Å²) in [5, 5.41) is 0. The topological polar surface area (TPSA) is 52.6 Å². The van der Waals surface area contributed by atoms with Crippen molar-refractivity contribution in [3.63, 3.8) is 0 Å². The van der Waals surface area contributed by atoms with E-state index in [0.717, 1.165) is 25.7 Å². The lowest BCUT2D eigenvalue weighted by Crippen LogP contribution is -2.04. The van der Waals surface area contributed by atoms with Crippen LogP contribution in [0.25, 0.3) is 0 Å². The number of unbranched alkanes of at least 4 members (excludes halogenated alkanes) is 3. The third-order valence-electron chi connectivity index (χ3n) is 2.83. The fourth-order valence-electron chi connectivity index (χ4n) is 1.54. The number of rotatable bonds is 11. The Balaban J connectivity index is 3.66. The number of allylic oxidation sites excluding steroid dienone is 2. The highest BCUT2D eigenvalue weighted by atomic mass is 16.5. The van der Waals surface area contributed by atoms with E-state index in [1.807, 2.05) is 0 Å². The highest BCUT2D eigenvalue weighted by Crippen LogP contribution is 2.14. The predicted octanol–water partition coefficient (Wildman–Crippen LogP) is 4.59. The van der Waals surface area contributed by atoms with E-state index in [2.05, 4.69) is 26.3 Å². The van der Waals surface area contributed by atoms with Crippen LogP contribution in [0.3, 0.4) is 0 Å². The third kappa shape index (κ3) is 9.75. The van der Waals surface area contributed by atoms with Crippen molar-refractivity contribution >= 4 is 11.9 Å². The minimum absolute atomic E-state index is 0.365. The molecule has 0 saturated heterocycles. The summed E-state index contributed by atoms with van der Waals surface area (Å²) < 4.78 is 10.0. The van der Waals surface area contributed by atoms with Crippen LogP contribution in [0.4, 0.5) is 0 Å². The van der Waals surface area contributed by atoms with Gasteiger partial charge in [0.1, 0.15) is 11.5 Å². The van der Waals surface area contributed by atoms with Crippen LogP contribution in [0.2, 0.25) is 0 Å². The van der Waals surface area contributed by atoms with Crippen molar-refractivity contribution in [3.05, 3.63) is 49.0 Å². The number of esters is 2. The zero-order valence-corrected chi connectivity index (χ0v) is 13.7. The molecule has 0 fully saturated rings. The van der Waals surface area contributed by atoms with Gasteiger partial charge in [-0.2, -0.15) is 0 Å². The standard InChI is InChI=1S/C18H26O4/c1-13(2)17(19)21-15(5)11-9-7-8-10-12-16(6)22-18(20)14(3)4/h1,3,5-12H2,2,4H3. The van der Waals surface area contributed by atoms with Gasteiger partial charge in [-0.3, -0.25) is 0 Å². The largest absolute Gasteiger partial charge is 0.428 e. The molecule has 0 radical (unpaired) electrons. The quantitative estimate of drug-likeness (QED) is 0.242. The second-order valence-electron chi connectivity index (χ2n) is 5.33. The van der Waals surface area contributed by atoms with Crippen LogP contribution in [-0.2, 0) is 19.1 Å². The van der Waals surface area contributed by atoms with Crippen molar-refractivity contribution < 1.29 is 19.1 Å². The second kappa shape index (κ2) is 10.6. The van der Waals surface area contributed by atoms with Gasteiger partial charge in [0.15, 0.2) is 0 Å². The molecule has 122 valence electrons. The summed E-state index contributed by atoms with van der Waals surface area (Å²) in [6, 6.07) is 0. The molecule has 0 aliphatic carbocycles. The van der Waals surface area contributed by atoms with Crippen LogP contribution in [0, 0.1) is 0 Å². The molecule has 4 heteroatoms. The molecule has 0 aliphatic heterocycles. The summed E-state index contributed by atoms with van der Waals surface area (Å²) in [6.45, 7) is 17.6. The Kier molecular flexibility index (Phi) is 9.59. The minimum Gasteiger partial charge on any atom is -0.428 e. The van der Waals surface area contributed by atoms with Crippen molar-refractivity contribution in [2.45, 2.75) is 52.4 Å². The van der Waals surface area contributed by atoms with Crippen molar-refractivity contribution in [2.24, 2.45) is 0 Å². The number of carbonyl (C=O) groups is 2. The molecule has 0 aliphatic rings. The van der Waals surface area contributed by atoms with Gasteiger partial charge in [0.2, 0.25) is 0 Å². The van der Waals surface area contributed by atoms with E-state index in [1.54, 1.807) is 13.8 Å². The number of hydrogen-bond acceptors (Lipinski definition) is 4. The summed E-state index contributed by atoms with van der Waals surface area (Å²) in [7, 11) is 0. The lowest BCUT2D eigenvalue weighted by molar-refractivity contribution is -0.136. The first kappa shape index (κ1) is 19.9. The molecular weight excluding hydrogens is 280 g/mol. The molecule has 22 heavy (non-hydrogen) atoms. The number of hydrogen-bond donors (Lipinski definition) is 0. The summed E-state index contributed by atoms with van der Waals surface area (Å²) in [5.74, 6) is 0.0712. The normalized spacial score (nSPS) is 9.73. The first-order valence-electron chi connectivity index (χ1n) is 7.35. The van der Waals surface area contributed by atoms with Crippen LogP contribution in [0.15, 0.2) is 49.0 Å². The minimum atomic E-state index is -0.430. The smallest absolute Gasteiger partial charge is 0.338 e. The molecule has 0 unspecified atom stereocenters. The van der Waals surface area contributed by atoms with Gasteiger partial charge in [0, 0.05) is 24.0 Å². The summed E-state index contributed by atoms with van der Waals surface area (Å²) in [6.07, 6.45) is 5.02. The monoisotopic (exact) mass is 306 g/mol. The summed E-state index contributed by atoms with van der Waals surface area (Å²) >= 11 is 0.